The summed E-state index contributed by atoms with van der Waals surface area (Å²) in [4.78, 5) is 13.9. The Hall–Kier alpha value is -0.570. The monoisotopic (exact) mass is 225 g/mol. The highest BCUT2D eigenvalue weighted by Crippen LogP contribution is 2.19. The summed E-state index contributed by atoms with van der Waals surface area (Å²) >= 11 is 0. The Bertz CT molecular complexity index is 224. The molecule has 92 valence electrons. The molecule has 0 bridgehead atoms. The third kappa shape index (κ3) is 3.48. The zero-order chi connectivity index (χ0) is 11.2. The molecule has 2 saturated heterocycles. The lowest BCUT2D eigenvalue weighted by Gasteiger charge is -2.27. The summed E-state index contributed by atoms with van der Waals surface area (Å²) < 4.78 is 5.36. The Morgan fingerprint density at radius 3 is 2.56 bits per heavy atom. The van der Waals surface area contributed by atoms with Gasteiger partial charge in [-0.3, -0.25) is 9.69 Å². The second-order valence-electron chi connectivity index (χ2n) is 5.03. The van der Waals surface area contributed by atoms with Crippen LogP contribution in [0.5, 0.6) is 0 Å². The molecule has 2 aliphatic rings. The van der Waals surface area contributed by atoms with Gasteiger partial charge >= 0.3 is 5.97 Å². The molecule has 16 heavy (non-hydrogen) atoms. The summed E-state index contributed by atoms with van der Waals surface area (Å²) in [6.07, 6.45) is 9.19. The standard InChI is InChI=1S/C13H23NO2/c15-13-8-4-2-1-3-7-12(11-16-13)14-9-5-6-10-14/h12H,1-11H2. The number of ether oxygens (including phenoxy) is 1. The number of likely N-dealkylation sites (tertiary alicyclic amines) is 1. The van der Waals surface area contributed by atoms with Crippen LogP contribution in [0.4, 0.5) is 0 Å². The minimum atomic E-state index is 0.00565. The Morgan fingerprint density at radius 2 is 1.75 bits per heavy atom. The molecule has 0 saturated carbocycles. The smallest absolute Gasteiger partial charge is 0.305 e. The molecule has 0 aromatic heterocycles. The van der Waals surface area contributed by atoms with E-state index in [4.69, 9.17) is 4.74 Å². The number of cyclic esters (lactones) is 1. The van der Waals surface area contributed by atoms with E-state index in [1.165, 1.54) is 51.6 Å². The van der Waals surface area contributed by atoms with Crippen molar-refractivity contribution in [1.29, 1.82) is 0 Å². The second-order valence-corrected chi connectivity index (χ2v) is 5.03. The highest BCUT2D eigenvalue weighted by atomic mass is 16.5. The van der Waals surface area contributed by atoms with Crippen LogP contribution in [0, 0.1) is 0 Å². The SMILES string of the molecule is O=C1CCCCCCC(N2CCCC2)CO1. The Kier molecular flexibility index (Phi) is 4.64. The first-order chi connectivity index (χ1) is 7.86. The van der Waals surface area contributed by atoms with Crippen molar-refractivity contribution >= 4 is 5.97 Å². The van der Waals surface area contributed by atoms with Crippen molar-refractivity contribution in [3.63, 3.8) is 0 Å². The molecule has 0 aromatic rings. The quantitative estimate of drug-likeness (QED) is 0.642. The largest absolute Gasteiger partial charge is 0.464 e. The summed E-state index contributed by atoms with van der Waals surface area (Å²) in [6, 6.07) is 0.490. The van der Waals surface area contributed by atoms with E-state index >= 15 is 0 Å². The van der Waals surface area contributed by atoms with Crippen LogP contribution in [0.3, 0.4) is 0 Å². The molecule has 2 aliphatic heterocycles. The van der Waals surface area contributed by atoms with Gasteiger partial charge in [0.2, 0.25) is 0 Å². The molecule has 0 amide bonds. The summed E-state index contributed by atoms with van der Waals surface area (Å²) in [5.74, 6) is 0.00565. The van der Waals surface area contributed by atoms with E-state index in [9.17, 15) is 4.79 Å². The zero-order valence-electron chi connectivity index (χ0n) is 10.1. The number of hydrogen-bond donors (Lipinski definition) is 0. The fraction of sp³-hybridized carbons (Fsp3) is 0.923. The number of carbonyl (C=O) groups is 1. The molecular formula is C13H23NO2. The summed E-state index contributed by atoms with van der Waals surface area (Å²) in [6.45, 7) is 3.02. The van der Waals surface area contributed by atoms with Gasteiger partial charge in [-0.15, -0.1) is 0 Å². The third-order valence-corrected chi connectivity index (χ3v) is 3.76. The Morgan fingerprint density at radius 1 is 1.00 bits per heavy atom. The first-order valence-electron chi connectivity index (χ1n) is 6.76. The maximum Gasteiger partial charge on any atom is 0.305 e. The lowest BCUT2D eigenvalue weighted by Crippen LogP contribution is -2.37. The van der Waals surface area contributed by atoms with Crippen molar-refractivity contribution in [2.75, 3.05) is 19.7 Å². The molecular weight excluding hydrogens is 202 g/mol. The second kappa shape index (κ2) is 6.24. The average molecular weight is 225 g/mol. The number of hydrogen-bond acceptors (Lipinski definition) is 3. The lowest BCUT2D eigenvalue weighted by atomic mass is 10.0. The van der Waals surface area contributed by atoms with Crippen LogP contribution >= 0.6 is 0 Å². The molecule has 2 fully saturated rings. The van der Waals surface area contributed by atoms with Crippen LogP contribution in [0.25, 0.3) is 0 Å². The van der Waals surface area contributed by atoms with Crippen molar-refractivity contribution < 1.29 is 9.53 Å². The molecule has 3 heteroatoms. The van der Waals surface area contributed by atoms with Gasteiger partial charge in [0.25, 0.3) is 0 Å². The van der Waals surface area contributed by atoms with Gasteiger partial charge in [0.15, 0.2) is 0 Å². The summed E-state index contributed by atoms with van der Waals surface area (Å²) in [5.41, 5.74) is 0. The highest BCUT2D eigenvalue weighted by Gasteiger charge is 2.23. The van der Waals surface area contributed by atoms with Gasteiger partial charge < -0.3 is 4.74 Å². The van der Waals surface area contributed by atoms with Crippen molar-refractivity contribution in [3.05, 3.63) is 0 Å². The Balaban J connectivity index is 1.85. The summed E-state index contributed by atoms with van der Waals surface area (Å²) in [7, 11) is 0. The van der Waals surface area contributed by atoms with E-state index in [1.54, 1.807) is 0 Å². The van der Waals surface area contributed by atoms with Crippen LogP contribution in [0.15, 0.2) is 0 Å². The van der Waals surface area contributed by atoms with Gasteiger partial charge in [0, 0.05) is 12.5 Å². The molecule has 0 radical (unpaired) electrons. The molecule has 2 rings (SSSR count). The predicted octanol–water partition coefficient (Wildman–Crippen LogP) is 2.35. The number of nitrogens with zero attached hydrogens (tertiary/aromatic N) is 1. The molecule has 1 atom stereocenters. The molecule has 0 aromatic carbocycles. The summed E-state index contributed by atoms with van der Waals surface area (Å²) in [5, 5.41) is 0. The average Bonchev–Trinajstić information content (AvgIpc) is 2.81. The van der Waals surface area contributed by atoms with Crippen molar-refractivity contribution in [2.45, 2.75) is 57.4 Å². The molecule has 0 aliphatic carbocycles. The fourth-order valence-electron chi connectivity index (χ4n) is 2.74. The van der Waals surface area contributed by atoms with Gasteiger partial charge in [-0.05, 0) is 38.8 Å². The predicted molar refractivity (Wildman–Crippen MR) is 63.3 cm³/mol. The van der Waals surface area contributed by atoms with Gasteiger partial charge in [-0.25, -0.2) is 0 Å². The minimum absolute atomic E-state index is 0.00565. The van der Waals surface area contributed by atoms with Crippen molar-refractivity contribution in [3.8, 4) is 0 Å². The first-order valence-corrected chi connectivity index (χ1v) is 6.76. The van der Waals surface area contributed by atoms with E-state index in [1.807, 2.05) is 0 Å². The van der Waals surface area contributed by atoms with Crippen LogP contribution in [0.1, 0.15) is 51.4 Å². The van der Waals surface area contributed by atoms with E-state index in [0.717, 1.165) is 6.42 Å². The first kappa shape index (κ1) is 11.9. The third-order valence-electron chi connectivity index (χ3n) is 3.76. The van der Waals surface area contributed by atoms with E-state index < -0.39 is 0 Å². The molecule has 2 heterocycles. The normalized spacial score (nSPS) is 30.0. The fourth-order valence-corrected chi connectivity index (χ4v) is 2.74. The maximum absolute atomic E-state index is 11.4. The van der Waals surface area contributed by atoms with E-state index in [-0.39, 0.29) is 5.97 Å². The maximum atomic E-state index is 11.4. The number of rotatable bonds is 1. The number of esters is 1. The van der Waals surface area contributed by atoms with Gasteiger partial charge in [0.05, 0.1) is 0 Å². The van der Waals surface area contributed by atoms with Crippen LogP contribution in [-0.4, -0.2) is 36.6 Å². The minimum Gasteiger partial charge on any atom is -0.464 e. The highest BCUT2D eigenvalue weighted by molar-refractivity contribution is 5.69. The van der Waals surface area contributed by atoms with E-state index in [2.05, 4.69) is 4.90 Å². The number of carbonyl (C=O) groups excluding carboxylic acids is 1. The van der Waals surface area contributed by atoms with Crippen LogP contribution in [-0.2, 0) is 9.53 Å². The topological polar surface area (TPSA) is 29.5 Å². The molecule has 0 spiro atoms. The van der Waals surface area contributed by atoms with Crippen molar-refractivity contribution in [1.82, 2.24) is 4.90 Å². The van der Waals surface area contributed by atoms with Gasteiger partial charge in [0.1, 0.15) is 6.61 Å². The molecule has 3 nitrogen and oxygen atoms in total. The van der Waals surface area contributed by atoms with Gasteiger partial charge in [-0.1, -0.05) is 19.3 Å². The van der Waals surface area contributed by atoms with Crippen LogP contribution in [0.2, 0.25) is 0 Å². The Labute approximate surface area is 98.1 Å². The molecule has 1 unspecified atom stereocenters. The lowest BCUT2D eigenvalue weighted by molar-refractivity contribution is -0.145. The van der Waals surface area contributed by atoms with E-state index in [0.29, 0.717) is 19.1 Å². The van der Waals surface area contributed by atoms with Crippen LogP contribution < -0.4 is 0 Å². The van der Waals surface area contributed by atoms with Crippen molar-refractivity contribution in [2.24, 2.45) is 0 Å². The molecule has 0 N–H and O–H groups in total. The zero-order valence-corrected chi connectivity index (χ0v) is 10.1. The van der Waals surface area contributed by atoms with Gasteiger partial charge in [-0.2, -0.15) is 0 Å².